The molecule has 90 valence electrons. The standard InChI is InChI=1S/C10H6BrClN6/c11-6-1-2-7(5(3-13)9(6)12)17-18-8(4-14)10(15)16/h1-2,17H,(H3,15,16)/b18-8+. The highest BCUT2D eigenvalue weighted by molar-refractivity contribution is 9.10. The van der Waals surface area contributed by atoms with Gasteiger partial charge in [-0.1, -0.05) is 11.6 Å². The van der Waals surface area contributed by atoms with Gasteiger partial charge in [0.2, 0.25) is 5.71 Å². The number of amidine groups is 1. The SMILES string of the molecule is N#C/C(=N\Nc1ccc(Br)c(Cl)c1C#N)C(=N)N. The molecule has 0 aliphatic rings. The molecular weight excluding hydrogens is 320 g/mol. The van der Waals surface area contributed by atoms with Crippen molar-refractivity contribution in [3.8, 4) is 12.1 Å². The number of halogens is 2. The van der Waals surface area contributed by atoms with Crippen LogP contribution >= 0.6 is 27.5 Å². The maximum atomic E-state index is 8.98. The van der Waals surface area contributed by atoms with Crippen molar-refractivity contribution in [3.63, 3.8) is 0 Å². The van der Waals surface area contributed by atoms with Gasteiger partial charge in [-0.25, -0.2) is 0 Å². The van der Waals surface area contributed by atoms with Crippen molar-refractivity contribution in [2.45, 2.75) is 0 Å². The molecule has 0 aliphatic carbocycles. The van der Waals surface area contributed by atoms with E-state index < -0.39 is 5.84 Å². The van der Waals surface area contributed by atoms with E-state index in [1.54, 1.807) is 18.2 Å². The minimum Gasteiger partial charge on any atom is -0.382 e. The summed E-state index contributed by atoms with van der Waals surface area (Å²) in [6.45, 7) is 0. The fourth-order valence-electron chi connectivity index (χ4n) is 1.01. The second kappa shape index (κ2) is 6.01. The largest absolute Gasteiger partial charge is 0.382 e. The molecule has 1 aromatic carbocycles. The molecule has 0 aliphatic heterocycles. The number of nitrogens with one attached hydrogen (secondary N) is 2. The number of hydrazone groups is 1. The lowest BCUT2D eigenvalue weighted by Crippen LogP contribution is -2.22. The molecular formula is C10H6BrClN6. The lowest BCUT2D eigenvalue weighted by atomic mass is 10.2. The van der Waals surface area contributed by atoms with Crippen LogP contribution in [0.1, 0.15) is 5.56 Å². The zero-order valence-corrected chi connectivity index (χ0v) is 11.2. The fraction of sp³-hybridized carbons (Fsp3) is 0. The number of rotatable bonds is 3. The van der Waals surface area contributed by atoms with Gasteiger partial charge in [0.1, 0.15) is 12.1 Å². The van der Waals surface area contributed by atoms with Crippen LogP contribution in [0.15, 0.2) is 21.7 Å². The predicted octanol–water partition coefficient (Wildman–Crippen LogP) is 2.20. The van der Waals surface area contributed by atoms with E-state index in [-0.39, 0.29) is 16.3 Å². The first-order valence-electron chi connectivity index (χ1n) is 4.47. The fourth-order valence-corrected chi connectivity index (χ4v) is 1.55. The molecule has 0 saturated heterocycles. The topological polar surface area (TPSA) is 122 Å². The van der Waals surface area contributed by atoms with Crippen molar-refractivity contribution in [1.82, 2.24) is 0 Å². The van der Waals surface area contributed by atoms with E-state index in [0.29, 0.717) is 10.2 Å². The Labute approximate surface area is 116 Å². The third-order valence-electron chi connectivity index (χ3n) is 1.86. The van der Waals surface area contributed by atoms with Crippen LogP contribution in [-0.4, -0.2) is 11.5 Å². The third-order valence-corrected chi connectivity index (χ3v) is 3.14. The Morgan fingerprint density at radius 1 is 1.50 bits per heavy atom. The molecule has 0 aromatic heterocycles. The lowest BCUT2D eigenvalue weighted by molar-refractivity contribution is 1.32. The smallest absolute Gasteiger partial charge is 0.201 e. The summed E-state index contributed by atoms with van der Waals surface area (Å²) in [5.41, 5.74) is 7.82. The van der Waals surface area contributed by atoms with Crippen LogP contribution in [0.25, 0.3) is 0 Å². The van der Waals surface area contributed by atoms with E-state index in [1.165, 1.54) is 0 Å². The van der Waals surface area contributed by atoms with Crippen LogP contribution in [0.5, 0.6) is 0 Å². The Balaban J connectivity index is 3.15. The van der Waals surface area contributed by atoms with Crippen LogP contribution in [0.4, 0.5) is 5.69 Å². The monoisotopic (exact) mass is 324 g/mol. The van der Waals surface area contributed by atoms with Gasteiger partial charge >= 0.3 is 0 Å². The second-order valence-electron chi connectivity index (χ2n) is 2.99. The van der Waals surface area contributed by atoms with Crippen molar-refractivity contribution in [3.05, 3.63) is 27.2 Å². The molecule has 0 atom stereocenters. The first-order chi connectivity index (χ1) is 8.51. The Morgan fingerprint density at radius 2 is 2.17 bits per heavy atom. The summed E-state index contributed by atoms with van der Waals surface area (Å²) in [5, 5.41) is 28.6. The number of hydrogen-bond acceptors (Lipinski definition) is 5. The molecule has 0 amide bonds. The Bertz CT molecular complexity index is 610. The van der Waals surface area contributed by atoms with Crippen molar-refractivity contribution in [2.75, 3.05) is 5.43 Å². The highest BCUT2D eigenvalue weighted by Gasteiger charge is 2.10. The van der Waals surface area contributed by atoms with Gasteiger partial charge in [-0.05, 0) is 28.1 Å². The molecule has 0 radical (unpaired) electrons. The average molecular weight is 326 g/mol. The lowest BCUT2D eigenvalue weighted by Gasteiger charge is -2.06. The zero-order chi connectivity index (χ0) is 13.7. The van der Waals surface area contributed by atoms with E-state index in [1.807, 2.05) is 6.07 Å². The van der Waals surface area contributed by atoms with Gasteiger partial charge in [-0.15, -0.1) is 0 Å². The Hall–Kier alpha value is -2.09. The molecule has 0 saturated carbocycles. The molecule has 0 bridgehead atoms. The number of benzene rings is 1. The van der Waals surface area contributed by atoms with E-state index in [4.69, 9.17) is 33.3 Å². The highest BCUT2D eigenvalue weighted by Crippen LogP contribution is 2.31. The number of nitrogens with zero attached hydrogens (tertiary/aromatic N) is 3. The second-order valence-corrected chi connectivity index (χ2v) is 4.23. The molecule has 0 spiro atoms. The van der Waals surface area contributed by atoms with Gasteiger partial charge in [0.05, 0.1) is 16.3 Å². The summed E-state index contributed by atoms with van der Waals surface area (Å²) >= 11 is 9.11. The number of nitriles is 2. The molecule has 6 nitrogen and oxygen atoms in total. The van der Waals surface area contributed by atoms with E-state index in [0.717, 1.165) is 0 Å². The van der Waals surface area contributed by atoms with Crippen molar-refractivity contribution in [1.29, 1.82) is 15.9 Å². The van der Waals surface area contributed by atoms with Crippen molar-refractivity contribution in [2.24, 2.45) is 10.8 Å². The summed E-state index contributed by atoms with van der Waals surface area (Å²) in [4.78, 5) is 0. The van der Waals surface area contributed by atoms with Crippen LogP contribution < -0.4 is 11.2 Å². The summed E-state index contributed by atoms with van der Waals surface area (Å²) < 4.78 is 0.572. The average Bonchev–Trinajstić information content (AvgIpc) is 2.34. The van der Waals surface area contributed by atoms with Gasteiger partial charge in [0.25, 0.3) is 0 Å². The van der Waals surface area contributed by atoms with Gasteiger partial charge in [0.15, 0.2) is 5.84 Å². The summed E-state index contributed by atoms with van der Waals surface area (Å²) in [6.07, 6.45) is 0. The van der Waals surface area contributed by atoms with E-state index >= 15 is 0 Å². The number of hydrogen-bond donors (Lipinski definition) is 3. The molecule has 8 heteroatoms. The molecule has 1 rings (SSSR count). The Morgan fingerprint density at radius 3 is 2.67 bits per heavy atom. The van der Waals surface area contributed by atoms with Crippen LogP contribution in [0.3, 0.4) is 0 Å². The van der Waals surface area contributed by atoms with Gasteiger partial charge in [-0.2, -0.15) is 15.6 Å². The molecule has 18 heavy (non-hydrogen) atoms. The van der Waals surface area contributed by atoms with Crippen LogP contribution in [0.2, 0.25) is 5.02 Å². The molecule has 0 unspecified atom stereocenters. The number of anilines is 1. The van der Waals surface area contributed by atoms with Crippen molar-refractivity contribution >= 4 is 44.8 Å². The molecule has 1 aromatic rings. The maximum absolute atomic E-state index is 8.98. The minimum atomic E-state index is -0.466. The number of nitrogens with two attached hydrogens (primary N) is 1. The molecule has 0 heterocycles. The summed E-state index contributed by atoms with van der Waals surface area (Å²) in [7, 11) is 0. The van der Waals surface area contributed by atoms with E-state index in [2.05, 4.69) is 26.5 Å². The molecule has 4 N–H and O–H groups in total. The van der Waals surface area contributed by atoms with Crippen LogP contribution in [0, 0.1) is 28.1 Å². The minimum absolute atomic E-state index is 0.177. The molecule has 0 fully saturated rings. The highest BCUT2D eigenvalue weighted by atomic mass is 79.9. The quantitative estimate of drug-likeness (QED) is 0.448. The van der Waals surface area contributed by atoms with Gasteiger partial charge < -0.3 is 5.73 Å². The van der Waals surface area contributed by atoms with Gasteiger partial charge in [0, 0.05) is 4.47 Å². The zero-order valence-electron chi connectivity index (χ0n) is 8.83. The summed E-state index contributed by atoms with van der Waals surface area (Å²) in [6, 6.07) is 6.75. The predicted molar refractivity (Wildman–Crippen MR) is 72.5 cm³/mol. The third kappa shape index (κ3) is 2.98. The van der Waals surface area contributed by atoms with E-state index in [9.17, 15) is 0 Å². The Kier molecular flexibility index (Phi) is 4.67. The first-order valence-corrected chi connectivity index (χ1v) is 5.64. The normalized spacial score (nSPS) is 10.3. The van der Waals surface area contributed by atoms with Gasteiger partial charge in [-0.3, -0.25) is 10.8 Å². The van der Waals surface area contributed by atoms with Crippen LogP contribution in [-0.2, 0) is 0 Å². The summed E-state index contributed by atoms with van der Waals surface area (Å²) in [5.74, 6) is -0.466. The first kappa shape index (κ1) is 14.0. The maximum Gasteiger partial charge on any atom is 0.201 e. The van der Waals surface area contributed by atoms with Crippen molar-refractivity contribution < 1.29 is 0 Å².